The van der Waals surface area contributed by atoms with Gasteiger partial charge in [-0.05, 0) is 31.6 Å². The lowest BCUT2D eigenvalue weighted by Gasteiger charge is -2.28. The van der Waals surface area contributed by atoms with E-state index in [1.165, 1.54) is 24.2 Å². The number of nitrogens with one attached hydrogen (secondary N) is 1. The molecular formula is C13H20N2O3. The standard InChI is InChI=1S/C13H20N2O3/c16-12(14-9-4-2-1-3-5-9)11-7-8-6-10(8)15(11)13(17)18/h8-11H,1-7H2,(H,14,16)(H,17,18)/t8-,10-,11+/m1/s1. The summed E-state index contributed by atoms with van der Waals surface area (Å²) in [6, 6.07) is -0.0587. The smallest absolute Gasteiger partial charge is 0.408 e. The van der Waals surface area contributed by atoms with Crippen molar-refractivity contribution in [2.24, 2.45) is 5.92 Å². The van der Waals surface area contributed by atoms with Crippen molar-refractivity contribution < 1.29 is 14.7 Å². The summed E-state index contributed by atoms with van der Waals surface area (Å²) >= 11 is 0. The van der Waals surface area contributed by atoms with Crippen molar-refractivity contribution >= 4 is 12.0 Å². The Morgan fingerprint density at radius 3 is 2.50 bits per heavy atom. The molecule has 18 heavy (non-hydrogen) atoms. The molecule has 5 heteroatoms. The van der Waals surface area contributed by atoms with Gasteiger partial charge in [0.05, 0.1) is 0 Å². The third-order valence-corrected chi connectivity index (χ3v) is 4.58. The second-order valence-electron chi connectivity index (χ2n) is 5.85. The molecule has 2 aliphatic carbocycles. The number of carbonyl (C=O) groups is 2. The molecule has 3 rings (SSSR count). The first-order valence-electron chi connectivity index (χ1n) is 6.98. The minimum absolute atomic E-state index is 0.0727. The summed E-state index contributed by atoms with van der Waals surface area (Å²) < 4.78 is 0. The SMILES string of the molecule is O=C(NC1CCCCC1)[C@@H]1C[C@H]2C[C@H]2N1C(=O)O. The molecule has 3 atom stereocenters. The molecule has 2 saturated carbocycles. The average molecular weight is 252 g/mol. The highest BCUT2D eigenvalue weighted by molar-refractivity contribution is 5.86. The number of fused-ring (bicyclic) bond motifs is 1. The summed E-state index contributed by atoms with van der Waals surface area (Å²) in [5.74, 6) is 0.361. The molecule has 0 radical (unpaired) electrons. The lowest BCUT2D eigenvalue weighted by atomic mass is 9.95. The maximum Gasteiger partial charge on any atom is 0.408 e. The van der Waals surface area contributed by atoms with Gasteiger partial charge in [0.15, 0.2) is 0 Å². The van der Waals surface area contributed by atoms with Crippen LogP contribution in [0.3, 0.4) is 0 Å². The summed E-state index contributed by atoms with van der Waals surface area (Å²) in [6.07, 6.45) is 6.39. The number of piperidine rings is 1. The molecule has 2 amide bonds. The van der Waals surface area contributed by atoms with Crippen LogP contribution < -0.4 is 5.32 Å². The number of carboxylic acid groups (broad SMARTS) is 1. The van der Waals surface area contributed by atoms with Crippen LogP contribution in [0.5, 0.6) is 0 Å². The Morgan fingerprint density at radius 2 is 1.83 bits per heavy atom. The van der Waals surface area contributed by atoms with Crippen molar-refractivity contribution in [3.63, 3.8) is 0 Å². The molecule has 0 spiro atoms. The number of amides is 2. The van der Waals surface area contributed by atoms with Gasteiger partial charge in [-0.25, -0.2) is 4.79 Å². The van der Waals surface area contributed by atoms with Crippen molar-refractivity contribution in [3.8, 4) is 0 Å². The van der Waals surface area contributed by atoms with E-state index in [0.29, 0.717) is 5.92 Å². The molecule has 0 unspecified atom stereocenters. The van der Waals surface area contributed by atoms with Crippen LogP contribution in [-0.4, -0.2) is 40.1 Å². The Balaban J connectivity index is 1.60. The first-order valence-corrected chi connectivity index (χ1v) is 6.98. The Bertz CT molecular complexity index is 365. The lowest BCUT2D eigenvalue weighted by Crippen LogP contribution is -2.50. The molecule has 0 aromatic heterocycles. The van der Waals surface area contributed by atoms with E-state index in [4.69, 9.17) is 0 Å². The van der Waals surface area contributed by atoms with Crippen LogP contribution >= 0.6 is 0 Å². The average Bonchev–Trinajstić information content (AvgIpc) is 3.00. The van der Waals surface area contributed by atoms with E-state index in [9.17, 15) is 14.7 Å². The predicted molar refractivity (Wildman–Crippen MR) is 65.2 cm³/mol. The number of hydrogen-bond acceptors (Lipinski definition) is 2. The summed E-state index contributed by atoms with van der Waals surface area (Å²) in [5, 5.41) is 12.2. The molecule has 5 nitrogen and oxygen atoms in total. The van der Waals surface area contributed by atoms with Gasteiger partial charge in [-0.1, -0.05) is 19.3 Å². The van der Waals surface area contributed by atoms with E-state index >= 15 is 0 Å². The molecule has 0 aromatic rings. The van der Waals surface area contributed by atoms with Gasteiger partial charge < -0.3 is 10.4 Å². The Hall–Kier alpha value is -1.26. The highest BCUT2D eigenvalue weighted by atomic mass is 16.4. The normalized spacial score (nSPS) is 35.1. The molecule has 1 aliphatic heterocycles. The van der Waals surface area contributed by atoms with Crippen molar-refractivity contribution in [2.75, 3.05) is 0 Å². The maximum absolute atomic E-state index is 12.2. The van der Waals surface area contributed by atoms with Gasteiger partial charge in [-0.2, -0.15) is 0 Å². The summed E-state index contributed by atoms with van der Waals surface area (Å²) in [5.41, 5.74) is 0. The molecule has 2 N–H and O–H groups in total. The van der Waals surface area contributed by atoms with Gasteiger partial charge in [0, 0.05) is 12.1 Å². The second-order valence-corrected chi connectivity index (χ2v) is 5.85. The number of carbonyl (C=O) groups excluding carboxylic acids is 1. The summed E-state index contributed by atoms with van der Waals surface area (Å²) in [6.45, 7) is 0. The van der Waals surface area contributed by atoms with Crippen molar-refractivity contribution in [1.82, 2.24) is 10.2 Å². The van der Waals surface area contributed by atoms with E-state index < -0.39 is 12.1 Å². The molecule has 3 aliphatic rings. The van der Waals surface area contributed by atoms with Crippen LogP contribution in [0.2, 0.25) is 0 Å². The molecule has 3 fully saturated rings. The van der Waals surface area contributed by atoms with Crippen LogP contribution in [0, 0.1) is 5.92 Å². The van der Waals surface area contributed by atoms with Crippen molar-refractivity contribution in [2.45, 2.75) is 63.1 Å². The third-order valence-electron chi connectivity index (χ3n) is 4.58. The number of nitrogens with zero attached hydrogens (tertiary/aromatic N) is 1. The molecule has 0 bridgehead atoms. The quantitative estimate of drug-likeness (QED) is 0.784. The first kappa shape index (κ1) is 11.8. The van der Waals surface area contributed by atoms with Gasteiger partial charge in [0.1, 0.15) is 6.04 Å². The van der Waals surface area contributed by atoms with Crippen LogP contribution in [-0.2, 0) is 4.79 Å². The van der Waals surface area contributed by atoms with Crippen LogP contribution in [0.15, 0.2) is 0 Å². The number of hydrogen-bond donors (Lipinski definition) is 2. The lowest BCUT2D eigenvalue weighted by molar-refractivity contribution is -0.126. The van der Waals surface area contributed by atoms with Crippen LogP contribution in [0.1, 0.15) is 44.9 Å². The first-order chi connectivity index (χ1) is 8.66. The van der Waals surface area contributed by atoms with Gasteiger partial charge in [0.2, 0.25) is 5.91 Å². The summed E-state index contributed by atoms with van der Waals surface area (Å²) in [7, 11) is 0. The highest BCUT2D eigenvalue weighted by Gasteiger charge is 2.56. The Kier molecular flexibility index (Phi) is 2.92. The van der Waals surface area contributed by atoms with Gasteiger partial charge in [0.25, 0.3) is 0 Å². The number of rotatable bonds is 2. The minimum Gasteiger partial charge on any atom is -0.465 e. The van der Waals surface area contributed by atoms with E-state index in [0.717, 1.165) is 25.7 Å². The van der Waals surface area contributed by atoms with E-state index in [1.807, 2.05) is 0 Å². The zero-order valence-corrected chi connectivity index (χ0v) is 10.5. The predicted octanol–water partition coefficient (Wildman–Crippen LogP) is 1.58. The fraction of sp³-hybridized carbons (Fsp3) is 0.846. The largest absolute Gasteiger partial charge is 0.465 e. The minimum atomic E-state index is -0.941. The van der Waals surface area contributed by atoms with E-state index in [-0.39, 0.29) is 18.0 Å². The van der Waals surface area contributed by atoms with Crippen LogP contribution in [0.25, 0.3) is 0 Å². The highest BCUT2D eigenvalue weighted by Crippen LogP contribution is 2.47. The zero-order valence-electron chi connectivity index (χ0n) is 10.5. The van der Waals surface area contributed by atoms with E-state index in [1.54, 1.807) is 0 Å². The third kappa shape index (κ3) is 2.06. The summed E-state index contributed by atoms with van der Waals surface area (Å²) in [4.78, 5) is 24.7. The van der Waals surface area contributed by atoms with Crippen molar-refractivity contribution in [3.05, 3.63) is 0 Å². The number of likely N-dealkylation sites (tertiary alicyclic amines) is 1. The second kappa shape index (κ2) is 4.44. The Morgan fingerprint density at radius 1 is 1.11 bits per heavy atom. The van der Waals surface area contributed by atoms with E-state index in [2.05, 4.69) is 5.32 Å². The fourth-order valence-electron chi connectivity index (χ4n) is 3.51. The topological polar surface area (TPSA) is 69.6 Å². The molecule has 1 heterocycles. The van der Waals surface area contributed by atoms with Gasteiger partial charge >= 0.3 is 6.09 Å². The van der Waals surface area contributed by atoms with Crippen LogP contribution in [0.4, 0.5) is 4.79 Å². The zero-order chi connectivity index (χ0) is 12.7. The molecule has 0 aromatic carbocycles. The Labute approximate surface area is 107 Å². The molecule has 1 saturated heterocycles. The van der Waals surface area contributed by atoms with Gasteiger partial charge in [-0.3, -0.25) is 9.69 Å². The molecule has 100 valence electrons. The monoisotopic (exact) mass is 252 g/mol. The van der Waals surface area contributed by atoms with Gasteiger partial charge in [-0.15, -0.1) is 0 Å². The fourth-order valence-corrected chi connectivity index (χ4v) is 3.51. The van der Waals surface area contributed by atoms with Crippen molar-refractivity contribution in [1.29, 1.82) is 0 Å². The maximum atomic E-state index is 12.2. The molecular weight excluding hydrogens is 232 g/mol.